The Morgan fingerprint density at radius 2 is 1.88 bits per heavy atom. The zero-order chi connectivity index (χ0) is 18.1. The van der Waals surface area contributed by atoms with Gasteiger partial charge in [-0.25, -0.2) is 4.98 Å². The molecule has 0 saturated carbocycles. The van der Waals surface area contributed by atoms with E-state index in [4.69, 9.17) is 4.74 Å². The van der Waals surface area contributed by atoms with Gasteiger partial charge in [0.1, 0.15) is 11.6 Å². The van der Waals surface area contributed by atoms with Crippen molar-refractivity contribution in [2.24, 2.45) is 0 Å². The summed E-state index contributed by atoms with van der Waals surface area (Å²) in [6.45, 7) is 4.68. The molecule has 0 unspecified atom stereocenters. The van der Waals surface area contributed by atoms with Gasteiger partial charge in [0.25, 0.3) is 0 Å². The highest BCUT2D eigenvalue weighted by Crippen LogP contribution is 2.18. The van der Waals surface area contributed by atoms with E-state index in [-0.39, 0.29) is 0 Å². The molecule has 2 aromatic rings. The number of rotatable bonds is 10. The summed E-state index contributed by atoms with van der Waals surface area (Å²) in [6, 6.07) is 10.1. The number of nitrogens with one attached hydrogen (secondary N) is 2. The highest BCUT2D eigenvalue weighted by atomic mass is 16.5. The maximum absolute atomic E-state index is 5.39. The molecule has 6 heteroatoms. The van der Waals surface area contributed by atoms with Gasteiger partial charge in [0.2, 0.25) is 5.95 Å². The van der Waals surface area contributed by atoms with E-state index >= 15 is 0 Å². The van der Waals surface area contributed by atoms with Crippen molar-refractivity contribution in [3.63, 3.8) is 0 Å². The highest BCUT2D eigenvalue weighted by Gasteiger charge is 2.04. The Hall–Kier alpha value is -2.34. The zero-order valence-corrected chi connectivity index (χ0v) is 15.7. The van der Waals surface area contributed by atoms with Crippen LogP contribution in [-0.2, 0) is 6.42 Å². The predicted octanol–water partition coefficient (Wildman–Crippen LogP) is 2.81. The van der Waals surface area contributed by atoms with Gasteiger partial charge in [0, 0.05) is 24.8 Å². The van der Waals surface area contributed by atoms with E-state index in [1.54, 1.807) is 7.11 Å². The Morgan fingerprint density at radius 3 is 2.64 bits per heavy atom. The van der Waals surface area contributed by atoms with Crippen molar-refractivity contribution in [3.8, 4) is 5.75 Å². The molecular formula is C19H29N5O. The normalized spacial score (nSPS) is 10.8. The first-order valence-corrected chi connectivity index (χ1v) is 8.68. The SMILES string of the molecule is COc1ccccc1CCNc1cc(C)nc(NCCCN(C)C)n1. The molecule has 0 radical (unpaired) electrons. The summed E-state index contributed by atoms with van der Waals surface area (Å²) in [5.41, 5.74) is 2.13. The van der Waals surface area contributed by atoms with Crippen LogP contribution in [0.5, 0.6) is 5.75 Å². The molecule has 0 atom stereocenters. The summed E-state index contributed by atoms with van der Waals surface area (Å²) in [6.07, 6.45) is 1.93. The first-order chi connectivity index (χ1) is 12.1. The molecule has 1 aromatic heterocycles. The van der Waals surface area contributed by atoms with Crippen molar-refractivity contribution in [1.29, 1.82) is 0 Å². The topological polar surface area (TPSA) is 62.3 Å². The third-order valence-electron chi connectivity index (χ3n) is 3.81. The molecular weight excluding hydrogens is 314 g/mol. The largest absolute Gasteiger partial charge is 0.496 e. The lowest BCUT2D eigenvalue weighted by molar-refractivity contribution is 0.405. The van der Waals surface area contributed by atoms with Crippen molar-refractivity contribution >= 4 is 11.8 Å². The highest BCUT2D eigenvalue weighted by molar-refractivity contribution is 5.42. The molecule has 2 rings (SSSR count). The van der Waals surface area contributed by atoms with Gasteiger partial charge < -0.3 is 20.3 Å². The third kappa shape index (κ3) is 6.58. The van der Waals surface area contributed by atoms with Crippen molar-refractivity contribution in [2.45, 2.75) is 19.8 Å². The maximum atomic E-state index is 5.39. The summed E-state index contributed by atoms with van der Waals surface area (Å²) in [4.78, 5) is 11.2. The molecule has 1 heterocycles. The second-order valence-corrected chi connectivity index (χ2v) is 6.29. The van der Waals surface area contributed by atoms with E-state index in [0.717, 1.165) is 49.7 Å². The smallest absolute Gasteiger partial charge is 0.224 e. The van der Waals surface area contributed by atoms with Gasteiger partial charge in [-0.3, -0.25) is 0 Å². The summed E-state index contributed by atoms with van der Waals surface area (Å²) >= 11 is 0. The number of hydrogen-bond donors (Lipinski definition) is 2. The maximum Gasteiger partial charge on any atom is 0.224 e. The second kappa shape index (κ2) is 9.84. The number of para-hydroxylation sites is 1. The number of benzene rings is 1. The van der Waals surface area contributed by atoms with E-state index < -0.39 is 0 Å². The van der Waals surface area contributed by atoms with Gasteiger partial charge >= 0.3 is 0 Å². The molecule has 25 heavy (non-hydrogen) atoms. The predicted molar refractivity (Wildman–Crippen MR) is 104 cm³/mol. The molecule has 0 spiro atoms. The molecule has 6 nitrogen and oxygen atoms in total. The van der Waals surface area contributed by atoms with Crippen LogP contribution >= 0.6 is 0 Å². The first kappa shape index (κ1) is 19.0. The molecule has 0 saturated heterocycles. The van der Waals surface area contributed by atoms with Gasteiger partial charge in [-0.05, 0) is 52.0 Å². The van der Waals surface area contributed by atoms with Gasteiger partial charge in [-0.1, -0.05) is 18.2 Å². The first-order valence-electron chi connectivity index (χ1n) is 8.68. The molecule has 0 bridgehead atoms. The van der Waals surface area contributed by atoms with Crippen LogP contribution in [0.25, 0.3) is 0 Å². The van der Waals surface area contributed by atoms with E-state index in [1.165, 1.54) is 5.56 Å². The van der Waals surface area contributed by atoms with Crippen molar-refractivity contribution in [2.75, 3.05) is 51.5 Å². The molecule has 0 aliphatic carbocycles. The number of aromatic nitrogens is 2. The number of anilines is 2. The number of nitrogens with zero attached hydrogens (tertiary/aromatic N) is 3. The number of ether oxygens (including phenoxy) is 1. The summed E-state index contributed by atoms with van der Waals surface area (Å²) in [5, 5.41) is 6.68. The molecule has 0 aliphatic rings. The van der Waals surface area contributed by atoms with Crippen LogP contribution in [0.3, 0.4) is 0 Å². The summed E-state index contributed by atoms with van der Waals surface area (Å²) in [7, 11) is 5.86. The fourth-order valence-corrected chi connectivity index (χ4v) is 2.57. The average molecular weight is 343 g/mol. The monoisotopic (exact) mass is 343 g/mol. The van der Waals surface area contributed by atoms with Crippen LogP contribution < -0.4 is 15.4 Å². The molecule has 0 aliphatic heterocycles. The third-order valence-corrected chi connectivity index (χ3v) is 3.81. The van der Waals surface area contributed by atoms with Crippen LogP contribution in [0.2, 0.25) is 0 Å². The molecule has 0 fully saturated rings. The lowest BCUT2D eigenvalue weighted by Gasteiger charge is -2.12. The van der Waals surface area contributed by atoms with E-state index in [1.807, 2.05) is 31.2 Å². The lowest BCUT2D eigenvalue weighted by atomic mass is 10.1. The fraction of sp³-hybridized carbons (Fsp3) is 0.474. The van der Waals surface area contributed by atoms with Crippen LogP contribution in [-0.4, -0.2) is 55.7 Å². The van der Waals surface area contributed by atoms with Crippen LogP contribution in [0.4, 0.5) is 11.8 Å². The van der Waals surface area contributed by atoms with Gasteiger partial charge in [0.05, 0.1) is 7.11 Å². The fourth-order valence-electron chi connectivity index (χ4n) is 2.57. The van der Waals surface area contributed by atoms with Gasteiger partial charge in [-0.2, -0.15) is 4.98 Å². The van der Waals surface area contributed by atoms with Crippen LogP contribution in [0.1, 0.15) is 17.7 Å². The van der Waals surface area contributed by atoms with Gasteiger partial charge in [-0.15, -0.1) is 0 Å². The van der Waals surface area contributed by atoms with E-state index in [0.29, 0.717) is 5.95 Å². The van der Waals surface area contributed by atoms with E-state index in [2.05, 4.69) is 45.7 Å². The summed E-state index contributed by atoms with van der Waals surface area (Å²) in [5.74, 6) is 2.45. The second-order valence-electron chi connectivity index (χ2n) is 6.29. The summed E-state index contributed by atoms with van der Waals surface area (Å²) < 4.78 is 5.39. The molecule has 1 aromatic carbocycles. The standard InChI is InChI=1S/C19H29N5O/c1-15-14-18(23-19(22-15)21-11-7-13-24(2)3)20-12-10-16-8-5-6-9-17(16)25-4/h5-6,8-9,14H,7,10-13H2,1-4H3,(H2,20,21,22,23). The number of methoxy groups -OCH3 is 1. The molecule has 136 valence electrons. The Kier molecular flexibility index (Phi) is 7.47. The van der Waals surface area contributed by atoms with Crippen molar-refractivity contribution in [1.82, 2.24) is 14.9 Å². The minimum Gasteiger partial charge on any atom is -0.496 e. The quantitative estimate of drug-likeness (QED) is 0.647. The van der Waals surface area contributed by atoms with E-state index in [9.17, 15) is 0 Å². The Bertz CT molecular complexity index is 660. The Morgan fingerprint density at radius 1 is 1.08 bits per heavy atom. The van der Waals surface area contributed by atoms with Crippen molar-refractivity contribution in [3.05, 3.63) is 41.6 Å². The molecule has 0 amide bonds. The Labute approximate surface area is 150 Å². The average Bonchev–Trinajstić information content (AvgIpc) is 2.58. The minimum atomic E-state index is 0.679. The van der Waals surface area contributed by atoms with Gasteiger partial charge in [0.15, 0.2) is 0 Å². The Balaban J connectivity index is 1.87. The van der Waals surface area contributed by atoms with Crippen LogP contribution in [0.15, 0.2) is 30.3 Å². The molecule has 2 N–H and O–H groups in total. The zero-order valence-electron chi connectivity index (χ0n) is 15.7. The van der Waals surface area contributed by atoms with Crippen LogP contribution in [0, 0.1) is 6.92 Å². The number of hydrogen-bond acceptors (Lipinski definition) is 6. The van der Waals surface area contributed by atoms with Crippen molar-refractivity contribution < 1.29 is 4.74 Å². The number of aryl methyl sites for hydroxylation is 1. The minimum absolute atomic E-state index is 0.679. The lowest BCUT2D eigenvalue weighted by Crippen LogP contribution is -2.17.